The molecule has 0 aromatic rings. The fourth-order valence-electron chi connectivity index (χ4n) is 4.98. The Kier molecular flexibility index (Phi) is 4.72. The SMILES string of the molecule is CC1CCCCC1NC1C2CCCC1CN(C(C)C)C2. The van der Waals surface area contributed by atoms with Gasteiger partial charge in [-0.05, 0) is 57.3 Å². The van der Waals surface area contributed by atoms with Gasteiger partial charge in [-0.15, -0.1) is 0 Å². The number of hydrogen-bond acceptors (Lipinski definition) is 2. The Morgan fingerprint density at radius 2 is 1.55 bits per heavy atom. The lowest BCUT2D eigenvalue weighted by atomic mass is 9.72. The largest absolute Gasteiger partial charge is 0.310 e. The van der Waals surface area contributed by atoms with Crippen LogP contribution in [-0.4, -0.2) is 36.1 Å². The van der Waals surface area contributed by atoms with Crippen molar-refractivity contribution >= 4 is 0 Å². The van der Waals surface area contributed by atoms with Crippen LogP contribution in [0.1, 0.15) is 65.7 Å². The van der Waals surface area contributed by atoms with Crippen molar-refractivity contribution in [2.75, 3.05) is 13.1 Å². The highest BCUT2D eigenvalue weighted by Gasteiger charge is 2.41. The zero-order valence-electron chi connectivity index (χ0n) is 13.8. The molecule has 2 nitrogen and oxygen atoms in total. The summed E-state index contributed by atoms with van der Waals surface area (Å²) in [6, 6.07) is 2.36. The minimum atomic E-state index is 0.729. The van der Waals surface area contributed by atoms with E-state index < -0.39 is 0 Å². The maximum absolute atomic E-state index is 4.14. The standard InChI is InChI=1S/C18H34N2/c1-13(2)20-11-15-8-6-9-16(12-20)18(15)19-17-10-5-4-7-14(17)3/h13-19H,4-12H2,1-3H3. The summed E-state index contributed by atoms with van der Waals surface area (Å²) >= 11 is 0. The molecular formula is C18H34N2. The minimum Gasteiger partial charge on any atom is -0.310 e. The van der Waals surface area contributed by atoms with Crippen molar-refractivity contribution in [3.63, 3.8) is 0 Å². The van der Waals surface area contributed by atoms with Crippen molar-refractivity contribution in [3.8, 4) is 0 Å². The molecule has 1 saturated heterocycles. The lowest BCUT2D eigenvalue weighted by Gasteiger charge is -2.51. The number of nitrogens with one attached hydrogen (secondary N) is 1. The van der Waals surface area contributed by atoms with Gasteiger partial charge in [0.2, 0.25) is 0 Å². The van der Waals surface area contributed by atoms with E-state index in [1.54, 1.807) is 0 Å². The lowest BCUT2D eigenvalue weighted by Crippen LogP contribution is -2.60. The van der Waals surface area contributed by atoms with Crippen LogP contribution in [-0.2, 0) is 0 Å². The van der Waals surface area contributed by atoms with Crippen LogP contribution in [0.5, 0.6) is 0 Å². The predicted octanol–water partition coefficient (Wildman–Crippen LogP) is 3.66. The first-order chi connectivity index (χ1) is 9.65. The summed E-state index contributed by atoms with van der Waals surface area (Å²) in [7, 11) is 0. The molecule has 0 aromatic heterocycles. The van der Waals surface area contributed by atoms with Gasteiger partial charge in [-0.2, -0.15) is 0 Å². The molecule has 3 rings (SSSR count). The van der Waals surface area contributed by atoms with Crippen molar-refractivity contribution in [2.45, 2.75) is 83.8 Å². The predicted molar refractivity (Wildman–Crippen MR) is 85.9 cm³/mol. The van der Waals surface area contributed by atoms with Gasteiger partial charge in [0.25, 0.3) is 0 Å². The molecule has 4 atom stereocenters. The van der Waals surface area contributed by atoms with Crippen molar-refractivity contribution in [2.24, 2.45) is 17.8 Å². The van der Waals surface area contributed by atoms with Crippen LogP contribution in [0.25, 0.3) is 0 Å². The molecule has 4 unspecified atom stereocenters. The maximum atomic E-state index is 4.14. The average molecular weight is 278 g/mol. The lowest BCUT2D eigenvalue weighted by molar-refractivity contribution is 0.0194. The van der Waals surface area contributed by atoms with Crippen LogP contribution in [0.15, 0.2) is 0 Å². The first-order valence-electron chi connectivity index (χ1n) is 9.15. The zero-order chi connectivity index (χ0) is 14.1. The van der Waals surface area contributed by atoms with Gasteiger partial charge < -0.3 is 10.2 Å². The normalized spacial score (nSPS) is 42.9. The van der Waals surface area contributed by atoms with Gasteiger partial charge in [0.15, 0.2) is 0 Å². The molecule has 2 saturated carbocycles. The summed E-state index contributed by atoms with van der Waals surface area (Å²) < 4.78 is 0. The van der Waals surface area contributed by atoms with Crippen LogP contribution < -0.4 is 5.32 Å². The van der Waals surface area contributed by atoms with Gasteiger partial charge in [0, 0.05) is 31.2 Å². The summed E-state index contributed by atoms with van der Waals surface area (Å²) in [5.41, 5.74) is 0. The topological polar surface area (TPSA) is 15.3 Å². The van der Waals surface area contributed by atoms with E-state index in [2.05, 4.69) is 31.0 Å². The van der Waals surface area contributed by atoms with Gasteiger partial charge in [-0.1, -0.05) is 26.2 Å². The monoisotopic (exact) mass is 278 g/mol. The quantitative estimate of drug-likeness (QED) is 0.847. The van der Waals surface area contributed by atoms with Gasteiger partial charge in [-0.25, -0.2) is 0 Å². The highest BCUT2D eigenvalue weighted by molar-refractivity contribution is 4.97. The highest BCUT2D eigenvalue weighted by Crippen LogP contribution is 2.37. The van der Waals surface area contributed by atoms with Crippen molar-refractivity contribution in [3.05, 3.63) is 0 Å². The number of hydrogen-bond donors (Lipinski definition) is 1. The molecule has 1 heterocycles. The molecule has 0 spiro atoms. The Morgan fingerprint density at radius 1 is 0.900 bits per heavy atom. The molecule has 2 heteroatoms. The average Bonchev–Trinajstić information content (AvgIpc) is 2.40. The van der Waals surface area contributed by atoms with Crippen molar-refractivity contribution in [1.29, 1.82) is 0 Å². The van der Waals surface area contributed by atoms with E-state index in [-0.39, 0.29) is 0 Å². The van der Waals surface area contributed by atoms with Crippen LogP contribution in [0.3, 0.4) is 0 Å². The smallest absolute Gasteiger partial charge is 0.0151 e. The van der Waals surface area contributed by atoms with Crippen LogP contribution in [0.4, 0.5) is 0 Å². The number of likely N-dealkylation sites (tertiary alicyclic amines) is 1. The van der Waals surface area contributed by atoms with E-state index >= 15 is 0 Å². The van der Waals surface area contributed by atoms with Gasteiger partial charge in [-0.3, -0.25) is 0 Å². The van der Waals surface area contributed by atoms with Gasteiger partial charge in [0.1, 0.15) is 0 Å². The van der Waals surface area contributed by atoms with Crippen molar-refractivity contribution in [1.82, 2.24) is 10.2 Å². The van der Waals surface area contributed by atoms with E-state index in [0.29, 0.717) is 0 Å². The van der Waals surface area contributed by atoms with Crippen LogP contribution in [0, 0.1) is 17.8 Å². The zero-order valence-corrected chi connectivity index (χ0v) is 13.8. The van der Waals surface area contributed by atoms with Crippen molar-refractivity contribution < 1.29 is 0 Å². The van der Waals surface area contributed by atoms with E-state index in [9.17, 15) is 0 Å². The third kappa shape index (κ3) is 3.06. The molecule has 1 N–H and O–H groups in total. The molecule has 116 valence electrons. The number of piperidine rings is 1. The molecule has 0 radical (unpaired) electrons. The Bertz CT molecular complexity index is 301. The van der Waals surface area contributed by atoms with Crippen LogP contribution in [0.2, 0.25) is 0 Å². The van der Waals surface area contributed by atoms with E-state index in [0.717, 1.165) is 35.9 Å². The molecule has 0 amide bonds. The first-order valence-corrected chi connectivity index (χ1v) is 9.15. The second-order valence-electron chi connectivity index (χ2n) is 8.06. The Labute approximate surface area is 125 Å². The molecule has 1 aliphatic heterocycles. The third-order valence-electron chi connectivity index (χ3n) is 6.35. The highest BCUT2D eigenvalue weighted by atomic mass is 15.2. The molecule has 2 aliphatic carbocycles. The van der Waals surface area contributed by atoms with E-state index in [1.807, 2.05) is 0 Å². The van der Waals surface area contributed by atoms with Crippen LogP contribution >= 0.6 is 0 Å². The van der Waals surface area contributed by atoms with Gasteiger partial charge in [0.05, 0.1) is 0 Å². The maximum Gasteiger partial charge on any atom is 0.0151 e. The third-order valence-corrected chi connectivity index (χ3v) is 6.35. The summed E-state index contributed by atoms with van der Waals surface area (Å²) in [6.45, 7) is 9.88. The number of nitrogens with zero attached hydrogens (tertiary/aromatic N) is 1. The fraction of sp³-hybridized carbons (Fsp3) is 1.00. The Hall–Kier alpha value is -0.0800. The van der Waals surface area contributed by atoms with Gasteiger partial charge >= 0.3 is 0 Å². The Morgan fingerprint density at radius 3 is 2.15 bits per heavy atom. The summed E-state index contributed by atoms with van der Waals surface area (Å²) in [5, 5.41) is 4.14. The fourth-order valence-corrected chi connectivity index (χ4v) is 4.98. The summed E-state index contributed by atoms with van der Waals surface area (Å²) in [6.07, 6.45) is 10.2. The summed E-state index contributed by atoms with van der Waals surface area (Å²) in [5.74, 6) is 2.73. The summed E-state index contributed by atoms with van der Waals surface area (Å²) in [4.78, 5) is 2.73. The number of rotatable bonds is 3. The minimum absolute atomic E-state index is 0.729. The molecule has 20 heavy (non-hydrogen) atoms. The molecule has 3 aliphatic rings. The molecule has 3 fully saturated rings. The molecule has 0 aromatic carbocycles. The molecule has 2 bridgehead atoms. The van der Waals surface area contributed by atoms with E-state index in [1.165, 1.54) is 58.0 Å². The number of fused-ring (bicyclic) bond motifs is 2. The Balaban J connectivity index is 1.64. The second kappa shape index (κ2) is 6.36. The van der Waals surface area contributed by atoms with E-state index in [4.69, 9.17) is 0 Å². The molecular weight excluding hydrogens is 244 g/mol. The first kappa shape index (κ1) is 14.8. The second-order valence-corrected chi connectivity index (χ2v) is 8.06.